The van der Waals surface area contributed by atoms with E-state index in [-0.39, 0.29) is 42.4 Å². The van der Waals surface area contributed by atoms with E-state index in [1.165, 1.54) is 63.2 Å². The van der Waals surface area contributed by atoms with Crippen LogP contribution in [0.3, 0.4) is 0 Å². The molecule has 2 aromatic rings. The van der Waals surface area contributed by atoms with Crippen LogP contribution in [0.1, 0.15) is 80.3 Å². The Morgan fingerprint density at radius 3 is 2.65 bits per heavy atom. The van der Waals surface area contributed by atoms with Crippen LogP contribution in [0.4, 0.5) is 0 Å². The van der Waals surface area contributed by atoms with Crippen LogP contribution in [-0.2, 0) is 25.7 Å². The molecule has 31 heavy (non-hydrogen) atoms. The average molecular weight is 642 g/mol. The minimum absolute atomic E-state index is 0.106. The molecular weight excluding hydrogens is 602 g/mol. The van der Waals surface area contributed by atoms with Crippen molar-refractivity contribution in [1.82, 2.24) is 0 Å². The fourth-order valence-corrected chi connectivity index (χ4v) is 11.2. The Kier molecular flexibility index (Phi) is 9.51. The Balaban J connectivity index is 1.65. The zero-order valence-corrected chi connectivity index (χ0v) is 24.5. The molecule has 2 atom stereocenters. The molecule has 0 aromatic heterocycles. The summed E-state index contributed by atoms with van der Waals surface area (Å²) in [4.78, 5) is 0. The number of hydrogen-bond donors (Lipinski definition) is 0. The van der Waals surface area contributed by atoms with E-state index in [0.29, 0.717) is 3.42 Å². The predicted octanol–water partition coefficient (Wildman–Crippen LogP) is 1.38. The van der Waals surface area contributed by atoms with Gasteiger partial charge in [0.1, 0.15) is 0 Å². The van der Waals surface area contributed by atoms with E-state index < -0.39 is 0 Å². The number of hydrogen-bond acceptors (Lipinski definition) is 0. The fraction of sp³-hybridized carbons (Fsp3) is 0.517. The molecular formula is C29H40I2-2. The number of aryl methyl sites for hydroxylation is 3. The van der Waals surface area contributed by atoms with Crippen LogP contribution in [0.15, 0.2) is 43.0 Å². The maximum atomic E-state index is 4.50. The first-order valence-electron chi connectivity index (χ1n) is 12.0. The summed E-state index contributed by atoms with van der Waals surface area (Å²) in [5, 5.41) is 0. The van der Waals surface area contributed by atoms with Gasteiger partial charge in [-0.05, 0) is 0 Å². The molecule has 0 saturated heterocycles. The normalized spacial score (nSPS) is 17.6. The van der Waals surface area contributed by atoms with Crippen LogP contribution < -0.4 is 42.4 Å². The second-order valence-corrected chi connectivity index (χ2v) is 17.3. The zero-order valence-electron chi connectivity index (χ0n) is 20.2. The molecule has 0 amide bonds. The molecule has 0 radical (unpaired) electrons. The number of alkyl halides is 3. The van der Waals surface area contributed by atoms with Crippen LogP contribution in [0, 0.1) is 6.92 Å². The summed E-state index contributed by atoms with van der Waals surface area (Å²) >= 11 is 0.248. The molecule has 0 N–H and O–H groups in total. The molecule has 1 aliphatic carbocycles. The standard InChI is InChI=1S/C29H40I2/c1-7-17-30-22(5)27-12-10-11-25-19-26(20-28(25)27)31-29(6,9-3)16-15-23-14-13-21(4)24(8-2)18-23/h10-14,18,26H,5,7-9,15-17,19-20H2,1-4,6H3/q-2. The van der Waals surface area contributed by atoms with Crippen LogP contribution >= 0.6 is 0 Å². The first kappa shape index (κ1) is 25.3. The van der Waals surface area contributed by atoms with Crippen molar-refractivity contribution >= 4 is 3.58 Å². The second kappa shape index (κ2) is 11.7. The molecule has 0 fully saturated rings. The van der Waals surface area contributed by atoms with Crippen LogP contribution in [0.5, 0.6) is 0 Å². The summed E-state index contributed by atoms with van der Waals surface area (Å²) in [7, 11) is 0. The van der Waals surface area contributed by atoms with E-state index in [4.69, 9.17) is 0 Å². The van der Waals surface area contributed by atoms with Crippen molar-refractivity contribution in [2.75, 3.05) is 4.43 Å². The summed E-state index contributed by atoms with van der Waals surface area (Å²) < 4.78 is 4.28. The molecule has 3 rings (SSSR count). The van der Waals surface area contributed by atoms with Crippen LogP contribution in [-0.4, -0.2) is 11.8 Å². The average Bonchev–Trinajstić information content (AvgIpc) is 3.18. The molecule has 0 aliphatic heterocycles. The zero-order chi connectivity index (χ0) is 22.4. The van der Waals surface area contributed by atoms with Crippen LogP contribution in [0.2, 0.25) is 0 Å². The van der Waals surface area contributed by atoms with E-state index in [0.717, 1.165) is 10.3 Å². The van der Waals surface area contributed by atoms with Crippen LogP contribution in [0.25, 0.3) is 3.58 Å². The van der Waals surface area contributed by atoms with Gasteiger partial charge in [0.05, 0.1) is 0 Å². The van der Waals surface area contributed by atoms with E-state index in [2.05, 4.69) is 77.6 Å². The molecule has 172 valence electrons. The quantitative estimate of drug-likeness (QED) is 0.257. The molecule has 1 aliphatic rings. The van der Waals surface area contributed by atoms with E-state index >= 15 is 0 Å². The molecule has 0 saturated carbocycles. The van der Waals surface area contributed by atoms with Gasteiger partial charge in [-0.3, -0.25) is 0 Å². The van der Waals surface area contributed by atoms with Gasteiger partial charge in [0.2, 0.25) is 0 Å². The first-order chi connectivity index (χ1) is 14.9. The van der Waals surface area contributed by atoms with Gasteiger partial charge in [0, 0.05) is 0 Å². The number of fused-ring (bicyclic) bond motifs is 1. The Morgan fingerprint density at radius 2 is 1.94 bits per heavy atom. The van der Waals surface area contributed by atoms with Crippen molar-refractivity contribution < 1.29 is 42.4 Å². The van der Waals surface area contributed by atoms with E-state index in [1.54, 1.807) is 16.7 Å². The summed E-state index contributed by atoms with van der Waals surface area (Å²) in [5.41, 5.74) is 9.33. The van der Waals surface area contributed by atoms with Gasteiger partial charge in [0.15, 0.2) is 0 Å². The molecule has 0 bridgehead atoms. The second-order valence-electron chi connectivity index (χ2n) is 9.17. The summed E-state index contributed by atoms with van der Waals surface area (Å²) in [6, 6.07) is 14.2. The summed E-state index contributed by atoms with van der Waals surface area (Å²) in [6.07, 6.45) is 8.97. The van der Waals surface area contributed by atoms with Gasteiger partial charge in [0.25, 0.3) is 0 Å². The van der Waals surface area contributed by atoms with Crippen molar-refractivity contribution in [3.8, 4) is 0 Å². The third-order valence-corrected chi connectivity index (χ3v) is 14.4. The molecule has 0 spiro atoms. The summed E-state index contributed by atoms with van der Waals surface area (Å²) in [5.74, 6) is 0. The maximum absolute atomic E-state index is 4.50. The third-order valence-electron chi connectivity index (χ3n) is 6.76. The molecule has 0 heterocycles. The number of rotatable bonds is 11. The molecule has 0 nitrogen and oxygen atoms in total. The topological polar surface area (TPSA) is 0 Å². The number of benzene rings is 2. The van der Waals surface area contributed by atoms with Crippen molar-refractivity contribution in [3.05, 3.63) is 76.4 Å². The Hall–Kier alpha value is -0.360. The van der Waals surface area contributed by atoms with Gasteiger partial charge in [-0.1, -0.05) is 0 Å². The minimum atomic E-state index is 0.106. The summed E-state index contributed by atoms with van der Waals surface area (Å²) in [6.45, 7) is 16.3. The van der Waals surface area contributed by atoms with Gasteiger partial charge in [-0.15, -0.1) is 0 Å². The van der Waals surface area contributed by atoms with Crippen molar-refractivity contribution in [2.45, 2.75) is 86.9 Å². The van der Waals surface area contributed by atoms with Gasteiger partial charge in [-0.25, -0.2) is 0 Å². The SMILES string of the molecule is C=C([I-]CCC)c1cccc2c1CC([I-]C(C)(CC)CCc1ccc(C)c(CC)c1)C2. The molecule has 2 heteroatoms. The van der Waals surface area contributed by atoms with Gasteiger partial charge >= 0.3 is 214 Å². The van der Waals surface area contributed by atoms with Crippen molar-refractivity contribution in [2.24, 2.45) is 0 Å². The number of halogens is 2. The third kappa shape index (κ3) is 6.59. The van der Waals surface area contributed by atoms with Crippen molar-refractivity contribution in [1.29, 1.82) is 0 Å². The Morgan fingerprint density at radius 1 is 1.13 bits per heavy atom. The van der Waals surface area contributed by atoms with Gasteiger partial charge < -0.3 is 0 Å². The Bertz CT molecular complexity index is 898. The molecule has 2 unspecified atom stereocenters. The van der Waals surface area contributed by atoms with E-state index in [9.17, 15) is 0 Å². The Labute approximate surface area is 212 Å². The van der Waals surface area contributed by atoms with Gasteiger partial charge in [-0.2, -0.15) is 0 Å². The monoisotopic (exact) mass is 642 g/mol. The van der Waals surface area contributed by atoms with Crippen molar-refractivity contribution in [3.63, 3.8) is 0 Å². The first-order valence-corrected chi connectivity index (χ1v) is 16.9. The predicted molar refractivity (Wildman–Crippen MR) is 129 cm³/mol. The van der Waals surface area contributed by atoms with E-state index in [1.807, 2.05) is 0 Å². The fourth-order valence-electron chi connectivity index (χ4n) is 4.56. The molecule has 2 aromatic carbocycles.